The molecular formula is C26H42N2O6. The molecule has 3 fully saturated rings. The molecule has 8 nitrogen and oxygen atoms in total. The van der Waals surface area contributed by atoms with E-state index in [-0.39, 0.29) is 37.0 Å². The smallest absolute Gasteiger partial charge is 0.312 e. The zero-order valence-electron chi connectivity index (χ0n) is 21.4. The Morgan fingerprint density at radius 3 is 2.62 bits per heavy atom. The number of aliphatic hydroxyl groups is 1. The lowest BCUT2D eigenvalue weighted by atomic mass is 9.70. The number of esters is 1. The second-order valence-electron chi connectivity index (χ2n) is 10.4. The third kappa shape index (κ3) is 4.39. The molecule has 2 amide bonds. The SMILES string of the molecule is C=CCN(C(=O)[C@H]1N([C@@H](CO)CC(C)C)C(=O)[C@@H]2[C@@H](C(=O)OCC)[C@H]3CC[C@]21O3)C(C)CCC. The second kappa shape index (κ2) is 10.8. The van der Waals surface area contributed by atoms with Crippen molar-refractivity contribution in [2.75, 3.05) is 19.8 Å². The normalized spacial score (nSPS) is 31.5. The zero-order chi connectivity index (χ0) is 25.2. The van der Waals surface area contributed by atoms with E-state index >= 15 is 0 Å². The summed E-state index contributed by atoms with van der Waals surface area (Å²) in [5, 5.41) is 10.3. The van der Waals surface area contributed by atoms with Gasteiger partial charge in [0.05, 0.1) is 37.2 Å². The predicted octanol–water partition coefficient (Wildman–Crippen LogP) is 2.53. The van der Waals surface area contributed by atoms with Crippen LogP contribution in [0.25, 0.3) is 0 Å². The summed E-state index contributed by atoms with van der Waals surface area (Å²) in [6, 6.07) is -1.46. The molecule has 1 N–H and O–H groups in total. The minimum absolute atomic E-state index is 0.0416. The maximum Gasteiger partial charge on any atom is 0.312 e. The molecule has 3 saturated heterocycles. The summed E-state index contributed by atoms with van der Waals surface area (Å²) in [5.74, 6) is -2.19. The number of likely N-dealkylation sites (tertiary alicyclic amines) is 1. The molecular weight excluding hydrogens is 436 g/mol. The van der Waals surface area contributed by atoms with Crippen LogP contribution in [0.5, 0.6) is 0 Å². The monoisotopic (exact) mass is 478 g/mol. The number of hydrogen-bond donors (Lipinski definition) is 1. The van der Waals surface area contributed by atoms with Gasteiger partial charge in [-0.15, -0.1) is 6.58 Å². The Bertz CT molecular complexity index is 785. The number of amides is 2. The van der Waals surface area contributed by atoms with Gasteiger partial charge in [0.25, 0.3) is 0 Å². The van der Waals surface area contributed by atoms with Crippen molar-refractivity contribution in [1.82, 2.24) is 9.80 Å². The minimum atomic E-state index is -1.08. The van der Waals surface area contributed by atoms with Crippen molar-refractivity contribution in [3.05, 3.63) is 12.7 Å². The molecule has 1 unspecified atom stereocenters. The summed E-state index contributed by atoms with van der Waals surface area (Å²) in [6.45, 7) is 14.0. The van der Waals surface area contributed by atoms with Gasteiger partial charge in [0.2, 0.25) is 11.8 Å². The Hall–Kier alpha value is -1.93. The molecule has 0 aromatic heterocycles. The van der Waals surface area contributed by atoms with Gasteiger partial charge in [-0.05, 0) is 45.4 Å². The van der Waals surface area contributed by atoms with Crippen molar-refractivity contribution in [2.45, 2.75) is 96.6 Å². The molecule has 0 saturated carbocycles. The Balaban J connectivity index is 2.09. The fourth-order valence-electron chi connectivity index (χ4n) is 6.45. The lowest BCUT2D eigenvalue weighted by molar-refractivity contribution is -0.156. The van der Waals surface area contributed by atoms with Gasteiger partial charge in [0.15, 0.2) is 0 Å². The summed E-state index contributed by atoms with van der Waals surface area (Å²) in [7, 11) is 0. The fourth-order valence-corrected chi connectivity index (χ4v) is 6.45. The van der Waals surface area contributed by atoms with Gasteiger partial charge in [-0.3, -0.25) is 14.4 Å². The van der Waals surface area contributed by atoms with Crippen LogP contribution in [0.3, 0.4) is 0 Å². The molecule has 1 spiro atoms. The van der Waals surface area contributed by atoms with Gasteiger partial charge in [0, 0.05) is 12.6 Å². The van der Waals surface area contributed by atoms with Crippen LogP contribution in [0.1, 0.15) is 66.7 Å². The Morgan fingerprint density at radius 2 is 2.06 bits per heavy atom. The van der Waals surface area contributed by atoms with Crippen LogP contribution in [0.4, 0.5) is 0 Å². The Morgan fingerprint density at radius 1 is 1.35 bits per heavy atom. The van der Waals surface area contributed by atoms with E-state index in [0.29, 0.717) is 25.8 Å². The zero-order valence-corrected chi connectivity index (χ0v) is 21.4. The van der Waals surface area contributed by atoms with Crippen molar-refractivity contribution >= 4 is 17.8 Å². The number of nitrogens with zero attached hydrogens (tertiary/aromatic N) is 2. The fraction of sp³-hybridized carbons (Fsp3) is 0.808. The van der Waals surface area contributed by atoms with Crippen molar-refractivity contribution in [3.8, 4) is 0 Å². The maximum absolute atomic E-state index is 14.2. The van der Waals surface area contributed by atoms with Crippen LogP contribution < -0.4 is 0 Å². The first-order valence-corrected chi connectivity index (χ1v) is 12.9. The summed E-state index contributed by atoms with van der Waals surface area (Å²) in [6.07, 6.45) is 4.69. The third-order valence-corrected chi connectivity index (χ3v) is 7.73. The van der Waals surface area contributed by atoms with Crippen LogP contribution in [0, 0.1) is 17.8 Å². The topological polar surface area (TPSA) is 96.4 Å². The summed E-state index contributed by atoms with van der Waals surface area (Å²) >= 11 is 0. The van der Waals surface area contributed by atoms with Crippen LogP contribution in [-0.2, 0) is 23.9 Å². The predicted molar refractivity (Wildman–Crippen MR) is 128 cm³/mol. The molecule has 0 aromatic carbocycles. The van der Waals surface area contributed by atoms with E-state index in [1.54, 1.807) is 22.8 Å². The average molecular weight is 479 g/mol. The van der Waals surface area contributed by atoms with E-state index in [4.69, 9.17) is 9.47 Å². The largest absolute Gasteiger partial charge is 0.466 e. The Labute approximate surface area is 203 Å². The first kappa shape index (κ1) is 26.7. The van der Waals surface area contributed by atoms with Crippen LogP contribution in [0.2, 0.25) is 0 Å². The van der Waals surface area contributed by atoms with Crippen LogP contribution in [0.15, 0.2) is 12.7 Å². The van der Waals surface area contributed by atoms with Gasteiger partial charge >= 0.3 is 5.97 Å². The molecule has 7 atom stereocenters. The van der Waals surface area contributed by atoms with E-state index in [1.807, 2.05) is 20.8 Å². The van der Waals surface area contributed by atoms with Crippen molar-refractivity contribution < 1.29 is 29.0 Å². The number of carbonyl (C=O) groups is 3. The molecule has 0 aromatic rings. The van der Waals surface area contributed by atoms with E-state index in [1.165, 1.54) is 0 Å². The lowest BCUT2D eigenvalue weighted by Crippen LogP contribution is -2.60. The van der Waals surface area contributed by atoms with Gasteiger partial charge in [-0.2, -0.15) is 0 Å². The number of fused-ring (bicyclic) bond motifs is 1. The van der Waals surface area contributed by atoms with E-state index < -0.39 is 41.6 Å². The highest BCUT2D eigenvalue weighted by Gasteiger charge is 2.75. The molecule has 34 heavy (non-hydrogen) atoms. The van der Waals surface area contributed by atoms with E-state index in [9.17, 15) is 19.5 Å². The number of aliphatic hydroxyl groups excluding tert-OH is 1. The highest BCUT2D eigenvalue weighted by atomic mass is 16.6. The molecule has 3 rings (SSSR count). The molecule has 192 valence electrons. The summed E-state index contributed by atoms with van der Waals surface area (Å²) < 4.78 is 11.8. The highest BCUT2D eigenvalue weighted by Crippen LogP contribution is 2.59. The first-order valence-electron chi connectivity index (χ1n) is 12.9. The summed E-state index contributed by atoms with van der Waals surface area (Å²) in [4.78, 5) is 44.5. The minimum Gasteiger partial charge on any atom is -0.466 e. The van der Waals surface area contributed by atoms with Crippen molar-refractivity contribution in [3.63, 3.8) is 0 Å². The van der Waals surface area contributed by atoms with E-state index in [0.717, 1.165) is 12.8 Å². The molecule has 3 aliphatic rings. The molecule has 0 radical (unpaired) electrons. The molecule has 8 heteroatoms. The maximum atomic E-state index is 14.2. The van der Waals surface area contributed by atoms with Crippen LogP contribution >= 0.6 is 0 Å². The molecule has 3 heterocycles. The summed E-state index contributed by atoms with van der Waals surface area (Å²) in [5.41, 5.74) is -1.08. The quantitative estimate of drug-likeness (QED) is 0.342. The second-order valence-corrected chi connectivity index (χ2v) is 10.4. The van der Waals surface area contributed by atoms with Crippen LogP contribution in [-0.4, -0.2) is 82.3 Å². The van der Waals surface area contributed by atoms with Gasteiger partial charge in [-0.1, -0.05) is 33.3 Å². The number of rotatable bonds is 12. The Kier molecular flexibility index (Phi) is 8.45. The number of hydrogen-bond acceptors (Lipinski definition) is 6. The van der Waals surface area contributed by atoms with E-state index in [2.05, 4.69) is 13.5 Å². The lowest BCUT2D eigenvalue weighted by Gasteiger charge is -2.41. The highest BCUT2D eigenvalue weighted by molar-refractivity contribution is 5.98. The molecule has 0 aliphatic carbocycles. The van der Waals surface area contributed by atoms with Gasteiger partial charge < -0.3 is 24.4 Å². The standard InChI is InChI=1S/C26H42N2O6/c1-7-10-17(6)27(13-8-2)24(31)22-26-12-11-19(34-26)20(25(32)33-9-3)21(26)23(30)28(22)18(15-29)14-16(4)5/h8,16-22,29H,2,7,9-15H2,1,3-6H3/t17?,18-,19-,20+,21+,22-,26+/m1/s1. The first-order chi connectivity index (χ1) is 16.2. The van der Waals surface area contributed by atoms with Gasteiger partial charge in [-0.25, -0.2) is 0 Å². The van der Waals surface area contributed by atoms with Crippen molar-refractivity contribution in [1.29, 1.82) is 0 Å². The van der Waals surface area contributed by atoms with Crippen molar-refractivity contribution in [2.24, 2.45) is 17.8 Å². The third-order valence-electron chi connectivity index (χ3n) is 7.73. The average Bonchev–Trinajstić information content (AvgIpc) is 3.43. The number of ether oxygens (including phenoxy) is 2. The molecule has 3 aliphatic heterocycles. The molecule has 2 bridgehead atoms. The number of carbonyl (C=O) groups excluding carboxylic acids is 3. The van der Waals surface area contributed by atoms with Gasteiger partial charge in [0.1, 0.15) is 11.6 Å².